The maximum Gasteiger partial charge on any atom is 0.408 e. The molecule has 0 spiro atoms. The summed E-state index contributed by atoms with van der Waals surface area (Å²) in [5, 5.41) is 2.64. The number of alkyl carbamates (subject to hydrolysis) is 1. The Morgan fingerprint density at radius 1 is 1.39 bits per heavy atom. The molecule has 1 unspecified atom stereocenters. The van der Waals surface area contributed by atoms with E-state index in [-0.39, 0.29) is 11.9 Å². The number of nitrogens with one attached hydrogen (secondary N) is 1. The highest BCUT2D eigenvalue weighted by Crippen LogP contribution is 2.17. The predicted molar refractivity (Wildman–Crippen MR) is 67.4 cm³/mol. The summed E-state index contributed by atoms with van der Waals surface area (Å²) in [6.07, 6.45) is -0.302. The lowest BCUT2D eigenvalue weighted by Crippen LogP contribution is -2.45. The molecule has 0 bridgehead atoms. The Hall–Kier alpha value is -1.10. The Balaban J connectivity index is 2.54. The molecule has 0 aliphatic carbocycles. The fraction of sp³-hybridized carbons (Fsp3) is 0.846. The molecule has 1 N–H and O–H groups in total. The maximum atomic E-state index is 11.9. The van der Waals surface area contributed by atoms with Crippen LogP contribution in [0.5, 0.6) is 0 Å². The fourth-order valence-corrected chi connectivity index (χ4v) is 1.60. The van der Waals surface area contributed by atoms with E-state index in [1.165, 1.54) is 0 Å². The first-order valence-electron chi connectivity index (χ1n) is 6.34. The summed E-state index contributed by atoms with van der Waals surface area (Å²) in [5.41, 5.74) is -0.564. The number of ether oxygens (including phenoxy) is 2. The van der Waals surface area contributed by atoms with Crippen molar-refractivity contribution in [2.24, 2.45) is 5.92 Å². The van der Waals surface area contributed by atoms with Crippen LogP contribution in [0.15, 0.2) is 0 Å². The number of Topliss-reactive ketones (excluding diaryl/α,β-unsaturated/α-hetero) is 1. The van der Waals surface area contributed by atoms with E-state index in [1.54, 1.807) is 20.8 Å². The van der Waals surface area contributed by atoms with Gasteiger partial charge in [-0.1, -0.05) is 13.8 Å². The average molecular weight is 257 g/mol. The van der Waals surface area contributed by atoms with Gasteiger partial charge in [-0.2, -0.15) is 0 Å². The SMILES string of the molecule is CC(C)C[C@H](NC(=O)OC(C)(C)C)C(=O)C1CO1. The molecule has 1 rings (SSSR count). The van der Waals surface area contributed by atoms with Gasteiger partial charge in [-0.05, 0) is 33.1 Å². The summed E-state index contributed by atoms with van der Waals surface area (Å²) >= 11 is 0. The zero-order valence-corrected chi connectivity index (χ0v) is 11.8. The van der Waals surface area contributed by atoms with E-state index in [0.29, 0.717) is 18.9 Å². The van der Waals surface area contributed by atoms with Crippen molar-refractivity contribution in [3.8, 4) is 0 Å². The summed E-state index contributed by atoms with van der Waals surface area (Å²) in [6.45, 7) is 9.83. The van der Waals surface area contributed by atoms with Crippen LogP contribution in [0, 0.1) is 5.92 Å². The highest BCUT2D eigenvalue weighted by Gasteiger charge is 2.37. The molecule has 0 saturated carbocycles. The van der Waals surface area contributed by atoms with E-state index in [1.807, 2.05) is 13.8 Å². The molecule has 1 aliphatic heterocycles. The van der Waals surface area contributed by atoms with Crippen LogP contribution in [0.3, 0.4) is 0 Å². The van der Waals surface area contributed by atoms with Crippen molar-refractivity contribution in [3.05, 3.63) is 0 Å². The number of hydrogen-bond donors (Lipinski definition) is 1. The van der Waals surface area contributed by atoms with Gasteiger partial charge in [-0.25, -0.2) is 4.79 Å². The lowest BCUT2D eigenvalue weighted by atomic mass is 9.99. The smallest absolute Gasteiger partial charge is 0.408 e. The third kappa shape index (κ3) is 5.49. The molecule has 0 radical (unpaired) electrons. The normalized spacial score (nSPS) is 20.4. The molecule has 0 aromatic heterocycles. The van der Waals surface area contributed by atoms with E-state index < -0.39 is 17.7 Å². The van der Waals surface area contributed by atoms with Gasteiger partial charge in [0.25, 0.3) is 0 Å². The van der Waals surface area contributed by atoms with Gasteiger partial charge < -0.3 is 14.8 Å². The minimum absolute atomic E-state index is 0.0606. The summed E-state index contributed by atoms with van der Waals surface area (Å²) in [4.78, 5) is 23.6. The van der Waals surface area contributed by atoms with Crippen molar-refractivity contribution in [2.75, 3.05) is 6.61 Å². The zero-order valence-electron chi connectivity index (χ0n) is 11.8. The third-order valence-corrected chi connectivity index (χ3v) is 2.39. The quantitative estimate of drug-likeness (QED) is 0.764. The van der Waals surface area contributed by atoms with Crippen LogP contribution in [0.25, 0.3) is 0 Å². The summed E-state index contributed by atoms with van der Waals surface area (Å²) in [7, 11) is 0. The Labute approximate surface area is 108 Å². The van der Waals surface area contributed by atoms with Crippen molar-refractivity contribution in [1.29, 1.82) is 0 Å². The van der Waals surface area contributed by atoms with Crippen LogP contribution in [-0.2, 0) is 14.3 Å². The van der Waals surface area contributed by atoms with E-state index in [2.05, 4.69) is 5.32 Å². The van der Waals surface area contributed by atoms with Crippen LogP contribution in [0.2, 0.25) is 0 Å². The minimum atomic E-state index is -0.564. The Morgan fingerprint density at radius 3 is 2.33 bits per heavy atom. The van der Waals surface area contributed by atoms with Crippen molar-refractivity contribution in [3.63, 3.8) is 0 Å². The zero-order chi connectivity index (χ0) is 13.9. The lowest BCUT2D eigenvalue weighted by molar-refractivity contribution is -0.122. The number of epoxide rings is 1. The first-order chi connectivity index (χ1) is 8.19. The van der Waals surface area contributed by atoms with Crippen LogP contribution in [0.1, 0.15) is 41.0 Å². The highest BCUT2D eigenvalue weighted by atomic mass is 16.6. The Kier molecular flexibility index (Phi) is 4.73. The molecule has 0 aromatic rings. The van der Waals surface area contributed by atoms with E-state index in [0.717, 1.165) is 0 Å². The molecule has 18 heavy (non-hydrogen) atoms. The molecule has 0 aromatic carbocycles. The van der Waals surface area contributed by atoms with Crippen molar-refractivity contribution >= 4 is 11.9 Å². The highest BCUT2D eigenvalue weighted by molar-refractivity contribution is 5.92. The van der Waals surface area contributed by atoms with Gasteiger partial charge >= 0.3 is 6.09 Å². The van der Waals surface area contributed by atoms with E-state index in [9.17, 15) is 9.59 Å². The van der Waals surface area contributed by atoms with Crippen LogP contribution < -0.4 is 5.32 Å². The van der Waals surface area contributed by atoms with Gasteiger partial charge in [0.1, 0.15) is 11.7 Å². The van der Waals surface area contributed by atoms with Crippen LogP contribution in [-0.4, -0.2) is 36.2 Å². The first-order valence-corrected chi connectivity index (χ1v) is 6.34. The molecule has 1 saturated heterocycles. The molecular formula is C13H23NO4. The second-order valence-corrected chi connectivity index (χ2v) is 6.05. The molecule has 1 amide bonds. The van der Waals surface area contributed by atoms with Crippen molar-refractivity contribution < 1.29 is 19.1 Å². The van der Waals surface area contributed by atoms with E-state index >= 15 is 0 Å². The number of ketones is 1. The van der Waals surface area contributed by atoms with Crippen LogP contribution in [0.4, 0.5) is 4.79 Å². The maximum absolute atomic E-state index is 11.9. The Morgan fingerprint density at radius 2 is 1.94 bits per heavy atom. The number of amides is 1. The number of hydrogen-bond acceptors (Lipinski definition) is 4. The van der Waals surface area contributed by atoms with Gasteiger partial charge in [-0.15, -0.1) is 0 Å². The van der Waals surface area contributed by atoms with Crippen molar-refractivity contribution in [1.82, 2.24) is 5.32 Å². The molecule has 2 atom stereocenters. The van der Waals surface area contributed by atoms with Gasteiger partial charge in [0.2, 0.25) is 0 Å². The average Bonchev–Trinajstić information content (AvgIpc) is 2.94. The molecular weight excluding hydrogens is 234 g/mol. The molecule has 1 aliphatic rings. The summed E-state index contributed by atoms with van der Waals surface area (Å²) in [5.74, 6) is 0.252. The predicted octanol–water partition coefficient (Wildman–Crippen LogP) is 1.89. The van der Waals surface area contributed by atoms with Gasteiger partial charge in [0.15, 0.2) is 5.78 Å². The lowest BCUT2D eigenvalue weighted by Gasteiger charge is -2.23. The Bertz CT molecular complexity index is 315. The minimum Gasteiger partial charge on any atom is -0.444 e. The topological polar surface area (TPSA) is 67.9 Å². The van der Waals surface area contributed by atoms with Crippen LogP contribution >= 0.6 is 0 Å². The number of carbonyl (C=O) groups excluding carboxylic acids is 2. The number of carbonyl (C=O) groups is 2. The molecule has 5 nitrogen and oxygen atoms in total. The molecule has 104 valence electrons. The first kappa shape index (κ1) is 15.0. The fourth-order valence-electron chi connectivity index (χ4n) is 1.60. The second-order valence-electron chi connectivity index (χ2n) is 6.05. The standard InChI is InChI=1S/C13H23NO4/c1-8(2)6-9(11(15)10-7-17-10)14-12(16)18-13(3,4)5/h8-10H,6-7H2,1-5H3,(H,14,16)/t9-,10?/m0/s1. The third-order valence-electron chi connectivity index (χ3n) is 2.39. The summed E-state index contributed by atoms with van der Waals surface area (Å²) in [6, 6.07) is -0.521. The largest absolute Gasteiger partial charge is 0.444 e. The molecule has 5 heteroatoms. The van der Waals surface area contributed by atoms with E-state index in [4.69, 9.17) is 9.47 Å². The summed E-state index contributed by atoms with van der Waals surface area (Å²) < 4.78 is 10.1. The van der Waals surface area contributed by atoms with Gasteiger partial charge in [0, 0.05) is 0 Å². The van der Waals surface area contributed by atoms with Gasteiger partial charge in [-0.3, -0.25) is 4.79 Å². The van der Waals surface area contributed by atoms with Gasteiger partial charge in [0.05, 0.1) is 12.6 Å². The number of rotatable bonds is 5. The monoisotopic (exact) mass is 257 g/mol. The van der Waals surface area contributed by atoms with Crippen molar-refractivity contribution in [2.45, 2.75) is 58.8 Å². The molecule has 1 heterocycles. The second kappa shape index (κ2) is 5.69. The molecule has 1 fully saturated rings.